The van der Waals surface area contributed by atoms with Crippen molar-refractivity contribution >= 4 is 28.8 Å². The molecule has 1 heterocycles. The van der Waals surface area contributed by atoms with Gasteiger partial charge in [0.15, 0.2) is 11.5 Å². The van der Waals surface area contributed by atoms with Gasteiger partial charge < -0.3 is 11.5 Å². The van der Waals surface area contributed by atoms with E-state index in [1.165, 1.54) is 0 Å². The summed E-state index contributed by atoms with van der Waals surface area (Å²) in [5.74, 6) is -0.813. The maximum atomic E-state index is 11.3. The summed E-state index contributed by atoms with van der Waals surface area (Å²) in [5.41, 5.74) is 13.3. The van der Waals surface area contributed by atoms with E-state index in [1.807, 2.05) is 19.9 Å². The monoisotopic (exact) mass is 259 g/mol. The Labute approximate surface area is 109 Å². The molecule has 0 unspecified atom stereocenters. The second kappa shape index (κ2) is 4.52. The Morgan fingerprint density at radius 1 is 1.05 bits per heavy atom. The summed E-state index contributed by atoms with van der Waals surface area (Å²) in [6.45, 7) is 3.86. The first-order valence-corrected chi connectivity index (χ1v) is 5.53. The van der Waals surface area contributed by atoms with Crippen molar-refractivity contribution in [1.29, 1.82) is 0 Å². The predicted molar refractivity (Wildman–Crippen MR) is 70.7 cm³/mol. The zero-order chi connectivity index (χ0) is 14.2. The number of benzene rings is 1. The van der Waals surface area contributed by atoms with Crippen LogP contribution in [0.1, 0.15) is 21.6 Å². The Morgan fingerprint density at radius 3 is 2.05 bits per heavy atom. The number of aromatic nitrogens is 2. The summed E-state index contributed by atoms with van der Waals surface area (Å²) in [6.07, 6.45) is 0. The van der Waals surface area contributed by atoms with Gasteiger partial charge in [0.2, 0.25) is 0 Å². The first kappa shape index (κ1) is 12.7. The molecule has 0 fully saturated rings. The number of aryl methyl sites for hydroxylation is 2. The Balaban J connectivity index is 2.72. The van der Waals surface area contributed by atoms with E-state index in [2.05, 4.69) is 15.3 Å². The van der Waals surface area contributed by atoms with E-state index < -0.39 is 11.9 Å². The van der Waals surface area contributed by atoms with Crippen molar-refractivity contribution in [2.75, 3.05) is 5.32 Å². The quantitative estimate of drug-likeness (QED) is 0.738. The topological polar surface area (TPSA) is 124 Å². The Hall–Kier alpha value is -2.70. The molecule has 5 N–H and O–H groups in total. The normalized spacial score (nSPS) is 10.4. The minimum Gasteiger partial charge on any atom is -0.364 e. The molecule has 0 saturated carbocycles. The lowest BCUT2D eigenvalue weighted by Crippen LogP contribution is -2.24. The second-order valence-electron chi connectivity index (χ2n) is 4.20. The predicted octanol–water partition coefficient (Wildman–Crippen LogP) is 0.836. The molecule has 0 aliphatic heterocycles. The van der Waals surface area contributed by atoms with Crippen molar-refractivity contribution < 1.29 is 9.59 Å². The van der Waals surface area contributed by atoms with Crippen molar-refractivity contribution in [3.05, 3.63) is 29.0 Å². The first-order chi connectivity index (χ1) is 8.88. The van der Waals surface area contributed by atoms with Crippen molar-refractivity contribution in [3.8, 4) is 0 Å². The molecule has 1 aromatic heterocycles. The number of nitrogens with zero attached hydrogens (tertiary/aromatic N) is 2. The molecule has 0 radical (unpaired) electrons. The molecule has 0 aliphatic rings. The largest absolute Gasteiger partial charge is 0.364 e. The van der Waals surface area contributed by atoms with Gasteiger partial charge in [-0.05, 0) is 37.1 Å². The van der Waals surface area contributed by atoms with Gasteiger partial charge >= 0.3 is 6.03 Å². The Bertz CT molecular complexity index is 696. The van der Waals surface area contributed by atoms with Crippen LogP contribution in [0.2, 0.25) is 0 Å². The van der Waals surface area contributed by atoms with Crippen LogP contribution >= 0.6 is 0 Å². The number of hydrogen-bond acceptors (Lipinski definition) is 4. The van der Waals surface area contributed by atoms with E-state index in [9.17, 15) is 9.59 Å². The average Bonchev–Trinajstić information content (AvgIpc) is 2.29. The van der Waals surface area contributed by atoms with E-state index in [0.29, 0.717) is 11.0 Å². The molecule has 1 aromatic carbocycles. The molecule has 0 spiro atoms. The van der Waals surface area contributed by atoms with Crippen LogP contribution in [-0.2, 0) is 0 Å². The molecule has 7 nitrogen and oxygen atoms in total. The fourth-order valence-corrected chi connectivity index (χ4v) is 1.69. The van der Waals surface area contributed by atoms with Crippen LogP contribution in [0.4, 0.5) is 10.6 Å². The van der Waals surface area contributed by atoms with Crippen LogP contribution in [0.15, 0.2) is 12.1 Å². The molecular formula is C12H13N5O2. The molecular weight excluding hydrogens is 246 g/mol. The SMILES string of the molecule is Cc1cc2nc(NC(N)=O)c(C(N)=O)nc2cc1C. The number of carbonyl (C=O) groups excluding carboxylic acids is 2. The lowest BCUT2D eigenvalue weighted by atomic mass is 10.1. The maximum absolute atomic E-state index is 11.3. The molecule has 7 heteroatoms. The fraction of sp³-hybridized carbons (Fsp3) is 0.167. The smallest absolute Gasteiger partial charge is 0.317 e. The van der Waals surface area contributed by atoms with Crippen LogP contribution in [0.3, 0.4) is 0 Å². The molecule has 19 heavy (non-hydrogen) atoms. The first-order valence-electron chi connectivity index (χ1n) is 5.53. The Morgan fingerprint density at radius 2 is 1.58 bits per heavy atom. The molecule has 0 atom stereocenters. The summed E-state index contributed by atoms with van der Waals surface area (Å²) >= 11 is 0. The molecule has 98 valence electrons. The van der Waals surface area contributed by atoms with Crippen LogP contribution in [0.5, 0.6) is 0 Å². The van der Waals surface area contributed by atoms with Gasteiger partial charge in [0, 0.05) is 0 Å². The van der Waals surface area contributed by atoms with Gasteiger partial charge in [-0.3, -0.25) is 10.1 Å². The second-order valence-corrected chi connectivity index (χ2v) is 4.20. The number of carbonyl (C=O) groups is 2. The molecule has 0 aliphatic carbocycles. The number of urea groups is 1. The standard InChI is InChI=1S/C12H13N5O2/c1-5-3-7-8(4-6(5)2)16-11(17-12(14)19)9(15-7)10(13)18/h3-4H,1-2H3,(H2,13,18)(H3,14,16,17,19). The number of fused-ring (bicyclic) bond motifs is 1. The van der Waals surface area contributed by atoms with Gasteiger partial charge in [-0.25, -0.2) is 14.8 Å². The van der Waals surface area contributed by atoms with Gasteiger partial charge in [0.25, 0.3) is 5.91 Å². The molecule has 0 saturated heterocycles. The highest BCUT2D eigenvalue weighted by atomic mass is 16.2. The highest BCUT2D eigenvalue weighted by molar-refractivity contribution is 6.01. The zero-order valence-electron chi connectivity index (χ0n) is 10.5. The van der Waals surface area contributed by atoms with Crippen molar-refractivity contribution in [1.82, 2.24) is 9.97 Å². The summed E-state index contributed by atoms with van der Waals surface area (Å²) in [4.78, 5) is 30.5. The highest BCUT2D eigenvalue weighted by Crippen LogP contribution is 2.20. The number of nitrogens with two attached hydrogens (primary N) is 2. The average molecular weight is 259 g/mol. The van der Waals surface area contributed by atoms with Crippen molar-refractivity contribution in [3.63, 3.8) is 0 Å². The molecule has 3 amide bonds. The number of nitrogens with one attached hydrogen (secondary N) is 1. The van der Waals surface area contributed by atoms with Gasteiger partial charge in [-0.2, -0.15) is 0 Å². The number of amides is 3. The van der Waals surface area contributed by atoms with E-state index in [4.69, 9.17) is 11.5 Å². The van der Waals surface area contributed by atoms with Crippen molar-refractivity contribution in [2.24, 2.45) is 11.5 Å². The summed E-state index contributed by atoms with van der Waals surface area (Å²) in [5, 5.41) is 2.25. The molecule has 2 rings (SSSR count). The molecule has 2 aromatic rings. The maximum Gasteiger partial charge on any atom is 0.317 e. The van der Waals surface area contributed by atoms with Crippen LogP contribution in [0, 0.1) is 13.8 Å². The van der Waals surface area contributed by atoms with Gasteiger partial charge in [-0.15, -0.1) is 0 Å². The van der Waals surface area contributed by atoms with E-state index in [0.717, 1.165) is 11.1 Å². The number of hydrogen-bond donors (Lipinski definition) is 3. The number of anilines is 1. The molecule has 0 bridgehead atoms. The summed E-state index contributed by atoms with van der Waals surface area (Å²) in [7, 11) is 0. The summed E-state index contributed by atoms with van der Waals surface area (Å²) < 4.78 is 0. The van der Waals surface area contributed by atoms with E-state index in [1.54, 1.807) is 6.07 Å². The number of primary amides is 2. The van der Waals surface area contributed by atoms with E-state index in [-0.39, 0.29) is 11.5 Å². The van der Waals surface area contributed by atoms with Crippen molar-refractivity contribution in [2.45, 2.75) is 13.8 Å². The fourth-order valence-electron chi connectivity index (χ4n) is 1.69. The third kappa shape index (κ3) is 2.44. The zero-order valence-corrected chi connectivity index (χ0v) is 10.5. The Kier molecular flexibility index (Phi) is 3.04. The lowest BCUT2D eigenvalue weighted by Gasteiger charge is -2.08. The van der Waals surface area contributed by atoms with Crippen LogP contribution < -0.4 is 16.8 Å². The van der Waals surface area contributed by atoms with Gasteiger partial charge in [0.05, 0.1) is 11.0 Å². The number of rotatable bonds is 2. The van der Waals surface area contributed by atoms with Crippen LogP contribution in [-0.4, -0.2) is 21.9 Å². The minimum absolute atomic E-state index is 0.0317. The lowest BCUT2D eigenvalue weighted by molar-refractivity contribution is 0.0996. The van der Waals surface area contributed by atoms with Gasteiger partial charge in [-0.1, -0.05) is 0 Å². The highest BCUT2D eigenvalue weighted by Gasteiger charge is 2.15. The van der Waals surface area contributed by atoms with E-state index >= 15 is 0 Å². The third-order valence-corrected chi connectivity index (χ3v) is 2.75. The van der Waals surface area contributed by atoms with Crippen LogP contribution in [0.25, 0.3) is 11.0 Å². The summed E-state index contributed by atoms with van der Waals surface area (Å²) in [6, 6.07) is 2.78. The van der Waals surface area contributed by atoms with Gasteiger partial charge in [0.1, 0.15) is 0 Å². The minimum atomic E-state index is -0.833. The third-order valence-electron chi connectivity index (χ3n) is 2.75.